The number of sulfone groups is 1. The van der Waals surface area contributed by atoms with Crippen molar-refractivity contribution in [3.8, 4) is 6.07 Å². The van der Waals surface area contributed by atoms with Crippen molar-refractivity contribution in [2.45, 2.75) is 31.1 Å². The van der Waals surface area contributed by atoms with Crippen LogP contribution in [0.15, 0.2) is 0 Å². The molecule has 0 rings (SSSR count). The maximum atomic E-state index is 10.9. The Bertz CT molecular complexity index is 331. The van der Waals surface area contributed by atoms with E-state index in [0.29, 0.717) is 12.2 Å². The SMILES string of the molecule is CC(CC(C)(N)C#N)SCCS(C)(=O)=O. The first kappa shape index (κ1) is 14.8. The summed E-state index contributed by atoms with van der Waals surface area (Å²) in [5, 5.41) is 8.91. The molecule has 0 aliphatic carbocycles. The summed E-state index contributed by atoms with van der Waals surface area (Å²) < 4.78 is 21.7. The number of nitrogens with zero attached hydrogens (tertiary/aromatic N) is 1. The molecule has 2 unspecified atom stereocenters. The highest BCUT2D eigenvalue weighted by molar-refractivity contribution is 8.01. The molecule has 4 nitrogen and oxygen atoms in total. The van der Waals surface area contributed by atoms with Gasteiger partial charge in [0.05, 0.1) is 11.8 Å². The van der Waals surface area contributed by atoms with Crippen molar-refractivity contribution in [3.63, 3.8) is 0 Å². The zero-order valence-corrected chi connectivity index (χ0v) is 11.0. The maximum absolute atomic E-state index is 10.9. The Morgan fingerprint density at radius 3 is 2.53 bits per heavy atom. The topological polar surface area (TPSA) is 83.9 Å². The third-order valence-electron chi connectivity index (χ3n) is 1.82. The van der Waals surface area contributed by atoms with Crippen molar-refractivity contribution in [1.29, 1.82) is 5.26 Å². The van der Waals surface area contributed by atoms with Crippen molar-refractivity contribution in [3.05, 3.63) is 0 Å². The summed E-state index contributed by atoms with van der Waals surface area (Å²) in [4.78, 5) is 0. The monoisotopic (exact) mass is 250 g/mol. The lowest BCUT2D eigenvalue weighted by Gasteiger charge is -2.19. The number of rotatable bonds is 6. The molecular formula is C9H18N2O2S2. The van der Waals surface area contributed by atoms with E-state index < -0.39 is 15.4 Å². The number of hydrogen-bond acceptors (Lipinski definition) is 5. The van der Waals surface area contributed by atoms with E-state index in [0.717, 1.165) is 0 Å². The second-order valence-electron chi connectivity index (χ2n) is 4.04. The minimum absolute atomic E-state index is 0.176. The predicted molar refractivity (Wildman–Crippen MR) is 64.5 cm³/mol. The fraction of sp³-hybridized carbons (Fsp3) is 0.889. The van der Waals surface area contributed by atoms with Crippen LogP contribution in [0.5, 0.6) is 0 Å². The highest BCUT2D eigenvalue weighted by Crippen LogP contribution is 2.19. The van der Waals surface area contributed by atoms with Gasteiger partial charge in [-0.1, -0.05) is 6.92 Å². The van der Waals surface area contributed by atoms with Crippen LogP contribution in [0.1, 0.15) is 20.3 Å². The molecular weight excluding hydrogens is 232 g/mol. The van der Waals surface area contributed by atoms with Gasteiger partial charge in [0, 0.05) is 17.3 Å². The van der Waals surface area contributed by atoms with Crippen LogP contribution >= 0.6 is 11.8 Å². The van der Waals surface area contributed by atoms with Crippen molar-refractivity contribution in [2.24, 2.45) is 5.73 Å². The van der Waals surface area contributed by atoms with Crippen LogP contribution in [0, 0.1) is 11.3 Å². The smallest absolute Gasteiger partial charge is 0.148 e. The summed E-state index contributed by atoms with van der Waals surface area (Å²) in [6, 6.07) is 2.03. The van der Waals surface area contributed by atoms with Gasteiger partial charge in [-0.25, -0.2) is 8.42 Å². The van der Waals surface area contributed by atoms with Crippen molar-refractivity contribution in [1.82, 2.24) is 0 Å². The van der Waals surface area contributed by atoms with Crippen LogP contribution in [0.2, 0.25) is 0 Å². The van der Waals surface area contributed by atoms with Crippen molar-refractivity contribution in [2.75, 3.05) is 17.8 Å². The first-order valence-corrected chi connectivity index (χ1v) is 7.77. The van der Waals surface area contributed by atoms with E-state index in [4.69, 9.17) is 11.0 Å². The molecule has 0 aromatic carbocycles. The number of nitrogens with two attached hydrogens (primary N) is 1. The molecule has 0 amide bonds. The maximum Gasteiger partial charge on any atom is 0.148 e. The normalized spacial score (nSPS) is 17.8. The van der Waals surface area contributed by atoms with Gasteiger partial charge in [-0.2, -0.15) is 17.0 Å². The predicted octanol–water partition coefficient (Wildman–Crippen LogP) is 0.784. The van der Waals surface area contributed by atoms with Gasteiger partial charge in [-0.3, -0.25) is 0 Å². The van der Waals surface area contributed by atoms with Crippen LogP contribution in [0.4, 0.5) is 0 Å². The fourth-order valence-corrected chi connectivity index (χ4v) is 3.56. The minimum Gasteiger partial charge on any atom is -0.314 e. The number of thioether (sulfide) groups is 1. The lowest BCUT2D eigenvalue weighted by Crippen LogP contribution is -2.36. The second-order valence-corrected chi connectivity index (χ2v) is 7.85. The van der Waals surface area contributed by atoms with E-state index >= 15 is 0 Å². The van der Waals surface area contributed by atoms with Gasteiger partial charge in [0.25, 0.3) is 0 Å². The molecule has 0 aliphatic rings. The summed E-state index contributed by atoms with van der Waals surface area (Å²) >= 11 is 1.54. The summed E-state index contributed by atoms with van der Waals surface area (Å²) in [5.74, 6) is 0.733. The Morgan fingerprint density at radius 2 is 2.13 bits per heavy atom. The van der Waals surface area contributed by atoms with Gasteiger partial charge in [0.1, 0.15) is 15.4 Å². The first-order chi connectivity index (χ1) is 6.66. The summed E-state index contributed by atoms with van der Waals surface area (Å²) in [7, 11) is -2.89. The molecule has 0 bridgehead atoms. The van der Waals surface area contributed by atoms with E-state index in [9.17, 15) is 8.42 Å². The van der Waals surface area contributed by atoms with Crippen LogP contribution in [0.3, 0.4) is 0 Å². The van der Waals surface area contributed by atoms with Gasteiger partial charge < -0.3 is 5.73 Å². The highest BCUT2D eigenvalue weighted by atomic mass is 32.2. The highest BCUT2D eigenvalue weighted by Gasteiger charge is 2.21. The van der Waals surface area contributed by atoms with Gasteiger partial charge in [-0.15, -0.1) is 0 Å². The van der Waals surface area contributed by atoms with Gasteiger partial charge in [-0.05, 0) is 13.3 Å². The molecule has 6 heteroatoms. The summed E-state index contributed by atoms with van der Waals surface area (Å²) in [5.41, 5.74) is 4.86. The molecule has 0 saturated carbocycles. The van der Waals surface area contributed by atoms with Gasteiger partial charge in [0.15, 0.2) is 0 Å². The second kappa shape index (κ2) is 5.73. The van der Waals surface area contributed by atoms with Crippen LogP contribution in [-0.4, -0.2) is 37.0 Å². The lowest BCUT2D eigenvalue weighted by molar-refractivity contribution is 0.545. The zero-order valence-electron chi connectivity index (χ0n) is 9.36. The van der Waals surface area contributed by atoms with E-state index in [2.05, 4.69) is 0 Å². The molecule has 0 heterocycles. The van der Waals surface area contributed by atoms with Crippen LogP contribution < -0.4 is 5.73 Å². The lowest BCUT2D eigenvalue weighted by atomic mass is 10.00. The average molecular weight is 250 g/mol. The van der Waals surface area contributed by atoms with Gasteiger partial charge >= 0.3 is 0 Å². The van der Waals surface area contributed by atoms with E-state index in [1.807, 2.05) is 13.0 Å². The van der Waals surface area contributed by atoms with Crippen LogP contribution in [-0.2, 0) is 9.84 Å². The Hall–Kier alpha value is -0.250. The molecule has 0 radical (unpaired) electrons. The Morgan fingerprint density at radius 1 is 1.60 bits per heavy atom. The number of hydrogen-bond donors (Lipinski definition) is 1. The molecule has 0 aromatic heterocycles. The average Bonchev–Trinajstić information content (AvgIpc) is 2.00. The molecule has 0 aliphatic heterocycles. The summed E-state index contributed by atoms with van der Waals surface area (Å²) in [6.45, 7) is 3.63. The van der Waals surface area contributed by atoms with Crippen LogP contribution in [0.25, 0.3) is 0 Å². The van der Waals surface area contributed by atoms with E-state index in [-0.39, 0.29) is 11.0 Å². The zero-order chi connectivity index (χ0) is 12.1. The molecule has 15 heavy (non-hydrogen) atoms. The Kier molecular flexibility index (Phi) is 5.63. The molecule has 2 atom stereocenters. The van der Waals surface area contributed by atoms with Crippen molar-refractivity contribution < 1.29 is 8.42 Å². The Labute approximate surface area is 96.1 Å². The number of nitriles is 1. The molecule has 0 fully saturated rings. The largest absolute Gasteiger partial charge is 0.314 e. The van der Waals surface area contributed by atoms with Crippen molar-refractivity contribution >= 4 is 21.6 Å². The molecule has 0 aromatic rings. The molecule has 0 spiro atoms. The third-order valence-corrected chi connectivity index (χ3v) is 4.20. The standard InChI is InChI=1S/C9H18N2O2S2/c1-8(6-9(2,11)7-10)14-4-5-15(3,12)13/h8H,4-6,11H2,1-3H3. The summed E-state index contributed by atoms with van der Waals surface area (Å²) in [6.07, 6.45) is 1.79. The van der Waals surface area contributed by atoms with E-state index in [1.165, 1.54) is 18.0 Å². The Balaban J connectivity index is 3.88. The first-order valence-electron chi connectivity index (χ1n) is 4.66. The van der Waals surface area contributed by atoms with Gasteiger partial charge in [0.2, 0.25) is 0 Å². The molecule has 2 N–H and O–H groups in total. The molecule has 0 saturated heterocycles. The van der Waals surface area contributed by atoms with E-state index in [1.54, 1.807) is 6.92 Å². The quantitative estimate of drug-likeness (QED) is 0.753. The molecule has 88 valence electrons. The fourth-order valence-electron chi connectivity index (χ4n) is 1.10. The third kappa shape index (κ3) is 8.73. The minimum atomic E-state index is -2.89.